The normalized spacial score (nSPS) is 15.3. The van der Waals surface area contributed by atoms with Crippen LogP contribution in [0.1, 0.15) is 18.4 Å². The molecule has 1 aliphatic rings. The predicted octanol–water partition coefficient (Wildman–Crippen LogP) is 2.21. The number of anilines is 1. The SMILES string of the molecule is O=C(COc1cccc(/C=N\NC(=O)C(=O)NC[C@H]2CCCO2)c1)Nc1ccc(Br)cc1. The highest BCUT2D eigenvalue weighted by Gasteiger charge is 2.18. The minimum absolute atomic E-state index is 0.0464. The molecule has 1 saturated heterocycles. The molecule has 1 aliphatic heterocycles. The zero-order valence-electron chi connectivity index (χ0n) is 17.2. The smallest absolute Gasteiger partial charge is 0.329 e. The van der Waals surface area contributed by atoms with Gasteiger partial charge in [-0.25, -0.2) is 5.43 Å². The van der Waals surface area contributed by atoms with E-state index in [2.05, 4.69) is 37.1 Å². The second-order valence-corrected chi connectivity index (χ2v) is 7.88. The molecular formula is C22H23BrN4O5. The first-order chi connectivity index (χ1) is 15.5. The van der Waals surface area contributed by atoms with Crippen LogP contribution in [0, 0.1) is 0 Å². The summed E-state index contributed by atoms with van der Waals surface area (Å²) in [6.07, 6.45) is 3.15. The molecule has 3 rings (SSSR count). The molecule has 0 aromatic heterocycles. The molecule has 3 amide bonds. The molecule has 0 radical (unpaired) electrons. The Balaban J connectivity index is 1.41. The number of nitrogens with zero attached hydrogens (tertiary/aromatic N) is 1. The number of hydrazone groups is 1. The summed E-state index contributed by atoms with van der Waals surface area (Å²) in [6.45, 7) is 0.804. The van der Waals surface area contributed by atoms with Crippen LogP contribution in [0.4, 0.5) is 5.69 Å². The minimum Gasteiger partial charge on any atom is -0.484 e. The van der Waals surface area contributed by atoms with Crippen LogP contribution in [0.3, 0.4) is 0 Å². The number of hydrogen-bond donors (Lipinski definition) is 3. The molecular weight excluding hydrogens is 480 g/mol. The van der Waals surface area contributed by atoms with Gasteiger partial charge >= 0.3 is 11.8 Å². The van der Waals surface area contributed by atoms with Gasteiger partial charge in [-0.15, -0.1) is 0 Å². The maximum absolute atomic E-state index is 12.0. The third-order valence-electron chi connectivity index (χ3n) is 4.46. The molecule has 9 nitrogen and oxygen atoms in total. The molecule has 0 saturated carbocycles. The Morgan fingerprint density at radius 3 is 2.72 bits per heavy atom. The average molecular weight is 503 g/mol. The first-order valence-electron chi connectivity index (χ1n) is 10.0. The van der Waals surface area contributed by atoms with Crippen LogP contribution >= 0.6 is 15.9 Å². The predicted molar refractivity (Wildman–Crippen MR) is 122 cm³/mol. The number of hydrogen-bond acceptors (Lipinski definition) is 6. The molecule has 0 spiro atoms. The third kappa shape index (κ3) is 7.78. The number of amides is 3. The molecule has 10 heteroatoms. The maximum atomic E-state index is 12.0. The first kappa shape index (κ1) is 23.4. The molecule has 0 unspecified atom stereocenters. The molecule has 2 aromatic carbocycles. The monoisotopic (exact) mass is 502 g/mol. The van der Waals surface area contributed by atoms with Crippen molar-refractivity contribution in [3.05, 3.63) is 58.6 Å². The van der Waals surface area contributed by atoms with Crippen LogP contribution in [0.25, 0.3) is 0 Å². The lowest BCUT2D eigenvalue weighted by Gasteiger charge is -2.09. The fraction of sp³-hybridized carbons (Fsp3) is 0.273. The molecule has 1 heterocycles. The number of halogens is 1. The van der Waals surface area contributed by atoms with Crippen molar-refractivity contribution in [1.82, 2.24) is 10.7 Å². The van der Waals surface area contributed by atoms with Crippen molar-refractivity contribution in [2.75, 3.05) is 25.1 Å². The fourth-order valence-electron chi connectivity index (χ4n) is 2.87. The van der Waals surface area contributed by atoms with Gasteiger partial charge in [0.15, 0.2) is 6.61 Å². The summed E-state index contributed by atoms with van der Waals surface area (Å²) in [5, 5.41) is 9.04. The van der Waals surface area contributed by atoms with E-state index in [9.17, 15) is 14.4 Å². The van der Waals surface area contributed by atoms with E-state index in [0.29, 0.717) is 30.2 Å². The van der Waals surface area contributed by atoms with Crippen molar-refractivity contribution in [1.29, 1.82) is 0 Å². The Bertz CT molecular complexity index is 975. The zero-order chi connectivity index (χ0) is 22.8. The summed E-state index contributed by atoms with van der Waals surface area (Å²) in [5.74, 6) is -1.48. The van der Waals surface area contributed by atoms with Gasteiger partial charge in [0, 0.05) is 23.3 Å². The van der Waals surface area contributed by atoms with E-state index in [4.69, 9.17) is 9.47 Å². The van der Waals surface area contributed by atoms with Gasteiger partial charge in [0.1, 0.15) is 5.75 Å². The van der Waals surface area contributed by atoms with Crippen LogP contribution < -0.4 is 20.8 Å². The number of carbonyl (C=O) groups is 3. The van der Waals surface area contributed by atoms with Crippen LogP contribution in [-0.4, -0.2) is 49.8 Å². The zero-order valence-corrected chi connectivity index (χ0v) is 18.8. The largest absolute Gasteiger partial charge is 0.484 e. The second-order valence-electron chi connectivity index (χ2n) is 6.96. The van der Waals surface area contributed by atoms with Crippen molar-refractivity contribution in [3.63, 3.8) is 0 Å². The summed E-state index contributed by atoms with van der Waals surface area (Å²) in [6, 6.07) is 14.0. The third-order valence-corrected chi connectivity index (χ3v) is 4.98. The summed E-state index contributed by atoms with van der Waals surface area (Å²) >= 11 is 3.34. The van der Waals surface area contributed by atoms with E-state index < -0.39 is 11.8 Å². The molecule has 1 fully saturated rings. The highest BCUT2D eigenvalue weighted by atomic mass is 79.9. The standard InChI is InChI=1S/C22H23BrN4O5/c23-16-6-8-17(9-7-16)26-20(28)14-32-18-4-1-3-15(11-18)12-25-27-22(30)21(29)24-13-19-5-2-10-31-19/h1,3-4,6-9,11-12,19H,2,5,10,13-14H2,(H,24,29)(H,26,28)(H,27,30)/b25-12-/t19-/m1/s1. The Hall–Kier alpha value is -3.24. The van der Waals surface area contributed by atoms with Crippen LogP contribution in [0.15, 0.2) is 58.1 Å². The van der Waals surface area contributed by atoms with Crippen molar-refractivity contribution >= 4 is 45.6 Å². The van der Waals surface area contributed by atoms with Crippen molar-refractivity contribution < 1.29 is 23.9 Å². The highest BCUT2D eigenvalue weighted by molar-refractivity contribution is 9.10. The molecule has 32 heavy (non-hydrogen) atoms. The summed E-state index contributed by atoms with van der Waals surface area (Å²) in [4.78, 5) is 35.6. The van der Waals surface area contributed by atoms with E-state index in [1.165, 1.54) is 6.21 Å². The van der Waals surface area contributed by atoms with E-state index in [0.717, 1.165) is 17.3 Å². The van der Waals surface area contributed by atoms with Gasteiger partial charge in [0.2, 0.25) is 0 Å². The quantitative estimate of drug-likeness (QED) is 0.290. The number of benzene rings is 2. The molecule has 0 bridgehead atoms. The number of rotatable bonds is 8. The lowest BCUT2D eigenvalue weighted by molar-refractivity contribution is -0.139. The van der Waals surface area contributed by atoms with Gasteiger partial charge in [-0.1, -0.05) is 28.1 Å². The van der Waals surface area contributed by atoms with E-state index >= 15 is 0 Å². The van der Waals surface area contributed by atoms with Gasteiger partial charge in [-0.3, -0.25) is 14.4 Å². The fourth-order valence-corrected chi connectivity index (χ4v) is 3.14. The Kier molecular flexibility index (Phi) is 8.76. The summed E-state index contributed by atoms with van der Waals surface area (Å²) in [5.41, 5.74) is 3.46. The molecule has 168 valence electrons. The Labute approximate surface area is 193 Å². The summed E-state index contributed by atoms with van der Waals surface area (Å²) in [7, 11) is 0. The Morgan fingerprint density at radius 2 is 1.97 bits per heavy atom. The van der Waals surface area contributed by atoms with Crippen LogP contribution in [0.5, 0.6) is 5.75 Å². The molecule has 1 atom stereocenters. The van der Waals surface area contributed by atoms with Gasteiger partial charge in [-0.05, 0) is 54.8 Å². The molecule has 3 N–H and O–H groups in total. The lowest BCUT2D eigenvalue weighted by Crippen LogP contribution is -2.41. The number of nitrogens with one attached hydrogen (secondary N) is 3. The van der Waals surface area contributed by atoms with Gasteiger partial charge in [-0.2, -0.15) is 5.10 Å². The lowest BCUT2D eigenvalue weighted by atomic mass is 10.2. The van der Waals surface area contributed by atoms with Gasteiger partial charge in [0.25, 0.3) is 5.91 Å². The molecule has 0 aliphatic carbocycles. The van der Waals surface area contributed by atoms with Crippen molar-refractivity contribution in [2.24, 2.45) is 5.10 Å². The first-order valence-corrected chi connectivity index (χ1v) is 10.8. The van der Waals surface area contributed by atoms with Crippen molar-refractivity contribution in [2.45, 2.75) is 18.9 Å². The maximum Gasteiger partial charge on any atom is 0.329 e. The van der Waals surface area contributed by atoms with Crippen LogP contribution in [0.2, 0.25) is 0 Å². The number of carbonyl (C=O) groups excluding carboxylic acids is 3. The highest BCUT2D eigenvalue weighted by Crippen LogP contribution is 2.15. The van der Waals surface area contributed by atoms with E-state index in [-0.39, 0.29) is 18.6 Å². The summed E-state index contributed by atoms with van der Waals surface area (Å²) < 4.78 is 11.8. The molecule has 2 aromatic rings. The van der Waals surface area contributed by atoms with Crippen LogP contribution in [-0.2, 0) is 19.1 Å². The second kappa shape index (κ2) is 12.0. The van der Waals surface area contributed by atoms with Gasteiger partial charge in [0.05, 0.1) is 12.3 Å². The minimum atomic E-state index is -0.865. The van der Waals surface area contributed by atoms with Crippen molar-refractivity contribution in [3.8, 4) is 5.75 Å². The average Bonchev–Trinajstić information content (AvgIpc) is 3.31. The Morgan fingerprint density at radius 1 is 1.16 bits per heavy atom. The van der Waals surface area contributed by atoms with E-state index in [1.807, 2.05) is 12.1 Å². The number of ether oxygens (including phenoxy) is 2. The van der Waals surface area contributed by atoms with E-state index in [1.54, 1.807) is 36.4 Å². The topological polar surface area (TPSA) is 118 Å². The van der Waals surface area contributed by atoms with Gasteiger partial charge < -0.3 is 20.1 Å².